The average Bonchev–Trinajstić information content (AvgIpc) is 2.49. The molecule has 1 heterocycles. The van der Waals surface area contributed by atoms with Gasteiger partial charge in [0, 0.05) is 30.8 Å². The predicted molar refractivity (Wildman–Crippen MR) is 91.7 cm³/mol. The van der Waals surface area contributed by atoms with Gasteiger partial charge >= 0.3 is 0 Å². The molecule has 1 aromatic heterocycles. The summed E-state index contributed by atoms with van der Waals surface area (Å²) in [4.78, 5) is 24.0. The molecule has 5 nitrogen and oxygen atoms in total. The van der Waals surface area contributed by atoms with Crippen molar-refractivity contribution in [3.05, 3.63) is 46.2 Å². The van der Waals surface area contributed by atoms with Crippen LogP contribution in [0.4, 0.5) is 0 Å². The Hall–Kier alpha value is -2.14. The monoisotopic (exact) mass is 316 g/mol. The van der Waals surface area contributed by atoms with Crippen LogP contribution in [0.25, 0.3) is 10.9 Å². The number of amides is 1. The molecule has 124 valence electrons. The minimum absolute atomic E-state index is 0.0220. The molecule has 2 rings (SSSR count). The van der Waals surface area contributed by atoms with Gasteiger partial charge in [-0.1, -0.05) is 11.6 Å². The third-order valence-electron chi connectivity index (χ3n) is 3.54. The number of nitrogens with one attached hydrogen (secondary N) is 1. The van der Waals surface area contributed by atoms with Crippen LogP contribution in [-0.4, -0.2) is 29.7 Å². The molecule has 0 aliphatic rings. The van der Waals surface area contributed by atoms with E-state index in [2.05, 4.69) is 5.32 Å². The Labute approximate surface area is 136 Å². The van der Waals surface area contributed by atoms with E-state index in [1.54, 1.807) is 10.8 Å². The Balaban J connectivity index is 1.98. The number of hydrogen-bond acceptors (Lipinski definition) is 3. The highest BCUT2D eigenvalue weighted by atomic mass is 16.5. The maximum atomic E-state index is 12.1. The smallest absolute Gasteiger partial charge is 0.239 e. The van der Waals surface area contributed by atoms with Gasteiger partial charge in [0.2, 0.25) is 5.91 Å². The number of fused-ring (bicyclic) bond motifs is 1. The number of hydrogen-bond donors (Lipinski definition) is 1. The molecule has 0 saturated carbocycles. The van der Waals surface area contributed by atoms with Gasteiger partial charge in [-0.05, 0) is 39.3 Å². The lowest BCUT2D eigenvalue weighted by atomic mass is 10.1. The van der Waals surface area contributed by atoms with Crippen molar-refractivity contribution in [3.63, 3.8) is 0 Å². The number of nitrogens with zero attached hydrogens (tertiary/aromatic N) is 1. The summed E-state index contributed by atoms with van der Waals surface area (Å²) in [5.74, 6) is -0.0694. The highest BCUT2D eigenvalue weighted by molar-refractivity contribution is 5.82. The zero-order valence-corrected chi connectivity index (χ0v) is 14.0. The second kappa shape index (κ2) is 7.92. The molecular formula is C18H24N2O3. The van der Waals surface area contributed by atoms with Crippen molar-refractivity contribution in [2.24, 2.45) is 0 Å². The molecule has 1 N–H and O–H groups in total. The van der Waals surface area contributed by atoms with Crippen LogP contribution in [0.5, 0.6) is 0 Å². The molecule has 0 spiro atoms. The zero-order valence-electron chi connectivity index (χ0n) is 14.0. The standard InChI is InChI=1S/C18H24N2O3/c1-13(2)23-10-4-8-19-18(22)12-20-9-7-17(21)15-11-14(3)5-6-16(15)20/h5-7,9,11,13H,4,8,10,12H2,1-3H3,(H,19,22). The maximum Gasteiger partial charge on any atom is 0.239 e. The lowest BCUT2D eigenvalue weighted by molar-refractivity contribution is -0.121. The average molecular weight is 316 g/mol. The summed E-state index contributed by atoms with van der Waals surface area (Å²) in [5.41, 5.74) is 1.79. The number of benzene rings is 1. The molecule has 0 radical (unpaired) electrons. The number of carbonyl (C=O) groups is 1. The number of ether oxygens (including phenoxy) is 1. The van der Waals surface area contributed by atoms with E-state index >= 15 is 0 Å². The van der Waals surface area contributed by atoms with Crippen molar-refractivity contribution in [2.75, 3.05) is 13.2 Å². The fourth-order valence-corrected chi connectivity index (χ4v) is 2.39. The zero-order chi connectivity index (χ0) is 16.8. The minimum atomic E-state index is -0.0694. The van der Waals surface area contributed by atoms with E-state index in [1.807, 2.05) is 39.0 Å². The molecule has 5 heteroatoms. The van der Waals surface area contributed by atoms with Gasteiger partial charge in [-0.25, -0.2) is 0 Å². The summed E-state index contributed by atoms with van der Waals surface area (Å²) in [6.07, 6.45) is 2.66. The lowest BCUT2D eigenvalue weighted by Crippen LogP contribution is -2.29. The Morgan fingerprint density at radius 2 is 2.09 bits per heavy atom. The quantitative estimate of drug-likeness (QED) is 0.797. The van der Waals surface area contributed by atoms with E-state index in [4.69, 9.17) is 4.74 Å². The number of aryl methyl sites for hydroxylation is 1. The molecule has 0 atom stereocenters. The first-order valence-corrected chi connectivity index (χ1v) is 7.95. The van der Waals surface area contributed by atoms with Crippen LogP contribution in [0.3, 0.4) is 0 Å². The molecule has 1 amide bonds. The van der Waals surface area contributed by atoms with E-state index in [-0.39, 0.29) is 24.0 Å². The van der Waals surface area contributed by atoms with Crippen LogP contribution in [-0.2, 0) is 16.1 Å². The molecule has 0 saturated heterocycles. The summed E-state index contributed by atoms with van der Waals surface area (Å²) in [6.45, 7) is 7.34. The van der Waals surface area contributed by atoms with Crippen LogP contribution in [0.2, 0.25) is 0 Å². The number of pyridine rings is 1. The molecule has 0 aliphatic carbocycles. The SMILES string of the molecule is Cc1ccc2c(c1)c(=O)ccn2CC(=O)NCCCOC(C)C. The lowest BCUT2D eigenvalue weighted by Gasteiger charge is -2.12. The molecular weight excluding hydrogens is 292 g/mol. The van der Waals surface area contributed by atoms with E-state index in [0.717, 1.165) is 17.5 Å². The van der Waals surface area contributed by atoms with E-state index < -0.39 is 0 Å². The molecule has 0 fully saturated rings. The number of rotatable bonds is 7. The van der Waals surface area contributed by atoms with Gasteiger partial charge in [0.05, 0.1) is 11.6 Å². The van der Waals surface area contributed by atoms with Crippen molar-refractivity contribution in [3.8, 4) is 0 Å². The number of aromatic nitrogens is 1. The third-order valence-corrected chi connectivity index (χ3v) is 3.54. The first-order valence-electron chi connectivity index (χ1n) is 7.95. The Bertz CT molecular complexity index is 735. The third kappa shape index (κ3) is 4.93. The summed E-state index contributed by atoms with van der Waals surface area (Å²) >= 11 is 0. The van der Waals surface area contributed by atoms with Crippen molar-refractivity contribution >= 4 is 16.8 Å². The first-order chi connectivity index (χ1) is 11.0. The summed E-state index contributed by atoms with van der Waals surface area (Å²) < 4.78 is 7.23. The van der Waals surface area contributed by atoms with Crippen LogP contribution in [0, 0.1) is 6.92 Å². The molecule has 0 bridgehead atoms. The van der Waals surface area contributed by atoms with Crippen LogP contribution < -0.4 is 10.7 Å². The van der Waals surface area contributed by atoms with E-state index in [9.17, 15) is 9.59 Å². The second-order valence-electron chi connectivity index (χ2n) is 5.95. The first kappa shape index (κ1) is 17.2. The van der Waals surface area contributed by atoms with Gasteiger partial charge in [-0.3, -0.25) is 9.59 Å². The van der Waals surface area contributed by atoms with Gasteiger partial charge in [0.1, 0.15) is 6.54 Å². The Kier molecular flexibility index (Phi) is 5.93. The van der Waals surface area contributed by atoms with E-state index in [1.165, 1.54) is 6.07 Å². The molecule has 0 aliphatic heterocycles. The van der Waals surface area contributed by atoms with Gasteiger partial charge in [-0.15, -0.1) is 0 Å². The fraction of sp³-hybridized carbons (Fsp3) is 0.444. The Morgan fingerprint density at radius 1 is 1.30 bits per heavy atom. The molecule has 0 unspecified atom stereocenters. The van der Waals surface area contributed by atoms with Crippen molar-refractivity contribution in [1.29, 1.82) is 0 Å². The minimum Gasteiger partial charge on any atom is -0.379 e. The maximum absolute atomic E-state index is 12.1. The van der Waals surface area contributed by atoms with Gasteiger partial charge in [0.25, 0.3) is 0 Å². The number of carbonyl (C=O) groups excluding carboxylic acids is 1. The van der Waals surface area contributed by atoms with Gasteiger partial charge in [-0.2, -0.15) is 0 Å². The van der Waals surface area contributed by atoms with Crippen LogP contribution in [0.15, 0.2) is 35.3 Å². The summed E-state index contributed by atoms with van der Waals surface area (Å²) in [6, 6.07) is 7.19. The van der Waals surface area contributed by atoms with Crippen molar-refractivity contribution in [1.82, 2.24) is 9.88 Å². The van der Waals surface area contributed by atoms with Crippen molar-refractivity contribution < 1.29 is 9.53 Å². The molecule has 2 aromatic rings. The predicted octanol–water partition coefficient (Wildman–Crippen LogP) is 2.24. The van der Waals surface area contributed by atoms with Gasteiger partial charge < -0.3 is 14.6 Å². The largest absolute Gasteiger partial charge is 0.379 e. The van der Waals surface area contributed by atoms with E-state index in [0.29, 0.717) is 18.5 Å². The summed E-state index contributed by atoms with van der Waals surface area (Å²) in [5, 5.41) is 3.52. The van der Waals surface area contributed by atoms with Gasteiger partial charge in [0.15, 0.2) is 5.43 Å². The fourth-order valence-electron chi connectivity index (χ4n) is 2.39. The normalized spacial score (nSPS) is 11.1. The Morgan fingerprint density at radius 3 is 2.83 bits per heavy atom. The molecule has 23 heavy (non-hydrogen) atoms. The van der Waals surface area contributed by atoms with Crippen LogP contribution in [0.1, 0.15) is 25.8 Å². The highest BCUT2D eigenvalue weighted by Gasteiger charge is 2.07. The second-order valence-corrected chi connectivity index (χ2v) is 5.95. The van der Waals surface area contributed by atoms with Crippen molar-refractivity contribution in [2.45, 2.75) is 39.8 Å². The highest BCUT2D eigenvalue weighted by Crippen LogP contribution is 2.12. The summed E-state index contributed by atoms with van der Waals surface area (Å²) in [7, 11) is 0. The topological polar surface area (TPSA) is 60.3 Å². The van der Waals surface area contributed by atoms with Crippen LogP contribution >= 0.6 is 0 Å². The molecule has 1 aromatic carbocycles.